The van der Waals surface area contributed by atoms with Gasteiger partial charge in [0, 0.05) is 38.1 Å². The van der Waals surface area contributed by atoms with E-state index in [-0.39, 0.29) is 6.04 Å². The molecule has 6 nitrogen and oxygen atoms in total. The van der Waals surface area contributed by atoms with Crippen LogP contribution in [-0.2, 0) is 13.5 Å². The van der Waals surface area contributed by atoms with Gasteiger partial charge in [-0.1, -0.05) is 11.3 Å². The van der Waals surface area contributed by atoms with Crippen LogP contribution in [0.25, 0.3) is 10.3 Å². The monoisotopic (exact) mass is 288 g/mol. The summed E-state index contributed by atoms with van der Waals surface area (Å²) < 4.78 is 2.96. The van der Waals surface area contributed by atoms with Crippen LogP contribution in [0.5, 0.6) is 0 Å². The summed E-state index contributed by atoms with van der Waals surface area (Å²) in [5, 5.41) is 8.70. The van der Waals surface area contributed by atoms with Gasteiger partial charge in [0.05, 0.1) is 16.1 Å². The molecule has 0 amide bonds. The topological polar surface area (TPSA) is 68.5 Å². The van der Waals surface area contributed by atoms with Crippen molar-refractivity contribution in [3.8, 4) is 0 Å². The van der Waals surface area contributed by atoms with E-state index in [1.54, 1.807) is 29.9 Å². The van der Waals surface area contributed by atoms with E-state index < -0.39 is 0 Å². The number of hydrogen-bond donors (Lipinski definition) is 1. The van der Waals surface area contributed by atoms with Crippen LogP contribution in [0.4, 0.5) is 5.13 Å². The van der Waals surface area contributed by atoms with Gasteiger partial charge < -0.3 is 5.32 Å². The lowest BCUT2D eigenvalue weighted by molar-refractivity contribution is 0.758. The molecular weight excluding hydrogens is 272 g/mol. The summed E-state index contributed by atoms with van der Waals surface area (Å²) in [5.41, 5.74) is 2.93. The fourth-order valence-corrected chi connectivity index (χ4v) is 3.20. The second-order valence-corrected chi connectivity index (χ2v) is 5.83. The third-order valence-electron chi connectivity index (χ3n) is 3.05. The molecule has 0 aromatic carbocycles. The predicted molar refractivity (Wildman–Crippen MR) is 79.9 cm³/mol. The molecule has 104 valence electrons. The van der Waals surface area contributed by atoms with Gasteiger partial charge in [-0.2, -0.15) is 5.10 Å². The molecule has 3 heterocycles. The van der Waals surface area contributed by atoms with E-state index in [1.807, 2.05) is 18.7 Å². The summed E-state index contributed by atoms with van der Waals surface area (Å²) in [4.78, 5) is 13.0. The average molecular weight is 288 g/mol. The van der Waals surface area contributed by atoms with E-state index in [0.29, 0.717) is 0 Å². The van der Waals surface area contributed by atoms with Gasteiger partial charge >= 0.3 is 0 Å². The summed E-state index contributed by atoms with van der Waals surface area (Å²) in [6, 6.07) is 0.250. The number of fused-ring (bicyclic) bond motifs is 1. The van der Waals surface area contributed by atoms with Gasteiger partial charge in [-0.05, 0) is 13.8 Å². The molecule has 3 aromatic heterocycles. The van der Waals surface area contributed by atoms with Crippen molar-refractivity contribution < 1.29 is 0 Å². The zero-order chi connectivity index (χ0) is 14.1. The third-order valence-corrected chi connectivity index (χ3v) is 4.13. The van der Waals surface area contributed by atoms with Gasteiger partial charge in [0.25, 0.3) is 0 Å². The molecule has 1 unspecified atom stereocenters. The summed E-state index contributed by atoms with van der Waals surface area (Å²) in [6.07, 6.45) is 6.02. The fourth-order valence-electron chi connectivity index (χ4n) is 2.16. The summed E-state index contributed by atoms with van der Waals surface area (Å²) in [5.74, 6) is 0. The Balaban J connectivity index is 1.74. The maximum atomic E-state index is 4.59. The summed E-state index contributed by atoms with van der Waals surface area (Å²) >= 11 is 1.64. The number of aromatic nitrogens is 5. The largest absolute Gasteiger partial charge is 0.359 e. The number of rotatable bonds is 4. The number of nitrogens with one attached hydrogen (secondary N) is 1. The van der Waals surface area contributed by atoms with E-state index >= 15 is 0 Å². The Morgan fingerprint density at radius 1 is 1.40 bits per heavy atom. The Morgan fingerprint density at radius 2 is 2.25 bits per heavy atom. The number of hydrogen-bond acceptors (Lipinski definition) is 6. The first-order chi connectivity index (χ1) is 9.63. The molecule has 0 saturated heterocycles. The van der Waals surface area contributed by atoms with Gasteiger partial charge in [-0.15, -0.1) is 0 Å². The maximum absolute atomic E-state index is 4.59. The first-order valence-electron chi connectivity index (χ1n) is 6.45. The minimum atomic E-state index is 0.250. The van der Waals surface area contributed by atoms with Gasteiger partial charge in [0.15, 0.2) is 10.8 Å². The zero-order valence-electron chi connectivity index (χ0n) is 11.7. The number of thiazole rings is 1. The van der Waals surface area contributed by atoms with Crippen molar-refractivity contribution in [2.75, 3.05) is 5.32 Å². The van der Waals surface area contributed by atoms with Crippen LogP contribution in [0.15, 0.2) is 18.6 Å². The van der Waals surface area contributed by atoms with Crippen LogP contribution in [0.3, 0.4) is 0 Å². The Bertz CT molecular complexity index is 683. The number of nitrogens with zero attached hydrogens (tertiary/aromatic N) is 5. The van der Waals surface area contributed by atoms with Crippen LogP contribution in [0, 0.1) is 6.92 Å². The highest BCUT2D eigenvalue weighted by Crippen LogP contribution is 2.28. The highest BCUT2D eigenvalue weighted by Gasteiger charge is 2.13. The molecule has 0 fully saturated rings. The van der Waals surface area contributed by atoms with Crippen molar-refractivity contribution in [2.24, 2.45) is 7.05 Å². The molecule has 0 aliphatic rings. The molecule has 3 rings (SSSR count). The molecule has 0 aliphatic heterocycles. The van der Waals surface area contributed by atoms with Crippen molar-refractivity contribution in [2.45, 2.75) is 26.3 Å². The molecule has 7 heteroatoms. The minimum Gasteiger partial charge on any atom is -0.359 e. The highest BCUT2D eigenvalue weighted by molar-refractivity contribution is 7.22. The average Bonchev–Trinajstić information content (AvgIpc) is 2.93. The van der Waals surface area contributed by atoms with E-state index in [4.69, 9.17) is 0 Å². The molecule has 3 aromatic rings. The molecule has 0 bridgehead atoms. The van der Waals surface area contributed by atoms with Gasteiger partial charge in [-0.3, -0.25) is 9.97 Å². The Hall–Kier alpha value is -2.02. The second kappa shape index (κ2) is 5.16. The van der Waals surface area contributed by atoms with Crippen molar-refractivity contribution in [3.63, 3.8) is 0 Å². The third kappa shape index (κ3) is 2.49. The molecule has 0 radical (unpaired) electrons. The maximum Gasteiger partial charge on any atom is 0.185 e. The van der Waals surface area contributed by atoms with E-state index in [1.165, 1.54) is 0 Å². The van der Waals surface area contributed by atoms with E-state index in [9.17, 15) is 0 Å². The van der Waals surface area contributed by atoms with E-state index in [0.717, 1.165) is 33.3 Å². The number of aryl methyl sites for hydroxylation is 2. The van der Waals surface area contributed by atoms with Crippen molar-refractivity contribution in [1.29, 1.82) is 0 Å². The standard InChI is InChI=1S/C13H16N6S/c1-8(6-10-7-14-4-5-15-10)16-13-17-12-11(20-13)9(2)18-19(12)3/h4-5,7-8H,6H2,1-3H3,(H,16,17). The fraction of sp³-hybridized carbons (Fsp3) is 0.385. The zero-order valence-corrected chi connectivity index (χ0v) is 12.5. The molecule has 1 atom stereocenters. The van der Waals surface area contributed by atoms with Crippen LogP contribution < -0.4 is 5.32 Å². The second-order valence-electron chi connectivity index (χ2n) is 4.83. The van der Waals surface area contributed by atoms with Crippen LogP contribution in [0.2, 0.25) is 0 Å². The van der Waals surface area contributed by atoms with Crippen molar-refractivity contribution in [1.82, 2.24) is 24.7 Å². The van der Waals surface area contributed by atoms with Gasteiger partial charge in [-0.25, -0.2) is 9.67 Å². The lowest BCUT2D eigenvalue weighted by Crippen LogP contribution is -2.18. The van der Waals surface area contributed by atoms with Crippen molar-refractivity contribution >= 4 is 26.8 Å². The predicted octanol–water partition coefficient (Wildman–Crippen LogP) is 2.17. The smallest absolute Gasteiger partial charge is 0.185 e. The molecular formula is C13H16N6S. The minimum absolute atomic E-state index is 0.250. The Labute approximate surface area is 120 Å². The lowest BCUT2D eigenvalue weighted by Gasteiger charge is -2.11. The Morgan fingerprint density at radius 3 is 2.95 bits per heavy atom. The quantitative estimate of drug-likeness (QED) is 0.797. The molecule has 1 N–H and O–H groups in total. The normalized spacial score (nSPS) is 12.8. The molecule has 0 spiro atoms. The first-order valence-corrected chi connectivity index (χ1v) is 7.26. The van der Waals surface area contributed by atoms with E-state index in [2.05, 4.69) is 32.3 Å². The van der Waals surface area contributed by atoms with Gasteiger partial charge in [0.2, 0.25) is 0 Å². The lowest BCUT2D eigenvalue weighted by atomic mass is 10.2. The summed E-state index contributed by atoms with van der Waals surface area (Å²) in [7, 11) is 1.92. The van der Waals surface area contributed by atoms with Crippen molar-refractivity contribution in [3.05, 3.63) is 30.0 Å². The number of anilines is 1. The molecule has 0 aliphatic carbocycles. The first kappa shape index (κ1) is 13.0. The SMILES string of the molecule is Cc1nn(C)c2nc(NC(C)Cc3cnccn3)sc12. The molecule has 0 saturated carbocycles. The van der Waals surface area contributed by atoms with Crippen LogP contribution in [-0.4, -0.2) is 30.8 Å². The van der Waals surface area contributed by atoms with Gasteiger partial charge in [0.1, 0.15) is 0 Å². The highest BCUT2D eigenvalue weighted by atomic mass is 32.1. The Kier molecular flexibility index (Phi) is 3.35. The molecule has 20 heavy (non-hydrogen) atoms. The summed E-state index contributed by atoms with van der Waals surface area (Å²) in [6.45, 7) is 4.12. The van der Waals surface area contributed by atoms with Crippen LogP contribution >= 0.6 is 11.3 Å². The van der Waals surface area contributed by atoms with Crippen LogP contribution in [0.1, 0.15) is 18.3 Å².